The van der Waals surface area contributed by atoms with Crippen LogP contribution in [0.15, 0.2) is 22.8 Å². The lowest BCUT2D eigenvalue weighted by atomic mass is 10.2. The van der Waals surface area contributed by atoms with Crippen LogP contribution in [0.1, 0.15) is 36.9 Å². The summed E-state index contributed by atoms with van der Waals surface area (Å²) in [5, 5.41) is 7.37. The average Bonchev–Trinajstić information content (AvgIpc) is 3.25. The maximum absolute atomic E-state index is 12.7. The molecule has 0 unspecified atom stereocenters. The Morgan fingerprint density at radius 3 is 2.88 bits per heavy atom. The monoisotopic (exact) mass is 330 g/mol. The van der Waals surface area contributed by atoms with Crippen molar-refractivity contribution in [3.05, 3.63) is 35.5 Å². The molecule has 7 heteroatoms. The molecule has 1 aliphatic rings. The number of nitrogens with zero attached hydrogens (tertiary/aromatic N) is 3. The summed E-state index contributed by atoms with van der Waals surface area (Å²) < 4.78 is 7.16. The molecule has 0 spiro atoms. The van der Waals surface area contributed by atoms with Gasteiger partial charge in [0.25, 0.3) is 0 Å². The molecule has 1 saturated heterocycles. The van der Waals surface area contributed by atoms with Gasteiger partial charge in [0.2, 0.25) is 11.8 Å². The highest BCUT2D eigenvalue weighted by atomic mass is 16.3. The normalized spacial score (nSPS) is 17.5. The maximum atomic E-state index is 12.7. The van der Waals surface area contributed by atoms with E-state index in [-0.39, 0.29) is 11.8 Å². The van der Waals surface area contributed by atoms with Crippen molar-refractivity contribution in [2.24, 2.45) is 0 Å². The van der Waals surface area contributed by atoms with Gasteiger partial charge in [0.15, 0.2) is 0 Å². The van der Waals surface area contributed by atoms with Crippen molar-refractivity contribution in [3.8, 4) is 0 Å². The predicted molar refractivity (Wildman–Crippen MR) is 88.3 cm³/mol. The molecule has 2 aromatic rings. The first-order chi connectivity index (χ1) is 11.5. The molecule has 0 aromatic carbocycles. The molecule has 2 amide bonds. The number of amides is 2. The Labute approximate surface area is 140 Å². The molecular formula is C17H22N4O3. The largest absolute Gasteiger partial charge is 0.467 e. The Morgan fingerprint density at radius 1 is 1.46 bits per heavy atom. The van der Waals surface area contributed by atoms with Crippen LogP contribution >= 0.6 is 0 Å². The highest BCUT2D eigenvalue weighted by Gasteiger charge is 2.37. The van der Waals surface area contributed by atoms with Crippen LogP contribution in [0.5, 0.6) is 0 Å². The zero-order valence-corrected chi connectivity index (χ0v) is 14.2. The number of likely N-dealkylation sites (tertiary alicyclic amines) is 1. The summed E-state index contributed by atoms with van der Waals surface area (Å²) in [6.45, 7) is 6.87. The van der Waals surface area contributed by atoms with Crippen LogP contribution in [0.3, 0.4) is 0 Å². The van der Waals surface area contributed by atoms with Gasteiger partial charge in [-0.3, -0.25) is 14.3 Å². The number of hydrogen-bond donors (Lipinski definition) is 1. The molecule has 1 atom stereocenters. The van der Waals surface area contributed by atoms with Crippen LogP contribution in [-0.2, 0) is 22.7 Å². The molecule has 0 aliphatic carbocycles. The van der Waals surface area contributed by atoms with E-state index >= 15 is 0 Å². The number of aromatic nitrogens is 2. The van der Waals surface area contributed by atoms with Crippen LogP contribution in [0, 0.1) is 13.8 Å². The van der Waals surface area contributed by atoms with Crippen molar-refractivity contribution in [1.29, 1.82) is 0 Å². The van der Waals surface area contributed by atoms with E-state index in [4.69, 9.17) is 4.42 Å². The molecule has 128 valence electrons. The van der Waals surface area contributed by atoms with Gasteiger partial charge >= 0.3 is 0 Å². The number of furan rings is 1. The summed E-state index contributed by atoms with van der Waals surface area (Å²) in [5.74, 6) is 0.479. The van der Waals surface area contributed by atoms with Gasteiger partial charge in [-0.1, -0.05) is 0 Å². The second-order valence-electron chi connectivity index (χ2n) is 6.01. The fraction of sp³-hybridized carbons (Fsp3) is 0.471. The third-order valence-corrected chi connectivity index (χ3v) is 4.47. The first-order valence-electron chi connectivity index (χ1n) is 8.18. The van der Waals surface area contributed by atoms with E-state index in [2.05, 4.69) is 10.4 Å². The number of hydrogen-bond acceptors (Lipinski definition) is 4. The molecular weight excluding hydrogens is 308 g/mol. The highest BCUT2D eigenvalue weighted by Crippen LogP contribution is 2.25. The van der Waals surface area contributed by atoms with Gasteiger partial charge in [0.05, 0.1) is 29.9 Å². The number of aryl methyl sites for hydroxylation is 2. The Hall–Kier alpha value is -2.57. The van der Waals surface area contributed by atoms with Gasteiger partial charge in [0, 0.05) is 13.0 Å². The van der Waals surface area contributed by atoms with Crippen LogP contribution < -0.4 is 5.32 Å². The third kappa shape index (κ3) is 2.93. The Kier molecular flexibility index (Phi) is 4.42. The van der Waals surface area contributed by atoms with Gasteiger partial charge in [-0.2, -0.15) is 5.10 Å². The molecule has 7 nitrogen and oxygen atoms in total. The van der Waals surface area contributed by atoms with Crippen molar-refractivity contribution in [1.82, 2.24) is 14.7 Å². The minimum absolute atomic E-state index is 0.0238. The van der Waals surface area contributed by atoms with Crippen LogP contribution in [0.2, 0.25) is 0 Å². The Balaban J connectivity index is 1.76. The smallest absolute Gasteiger partial charge is 0.247 e. The fourth-order valence-corrected chi connectivity index (χ4v) is 3.17. The van der Waals surface area contributed by atoms with Gasteiger partial charge < -0.3 is 14.6 Å². The van der Waals surface area contributed by atoms with Crippen molar-refractivity contribution in [3.63, 3.8) is 0 Å². The minimum atomic E-state index is -0.480. The summed E-state index contributed by atoms with van der Waals surface area (Å²) in [6.07, 6.45) is 2.47. The van der Waals surface area contributed by atoms with E-state index in [0.29, 0.717) is 25.1 Å². The van der Waals surface area contributed by atoms with Gasteiger partial charge in [0.1, 0.15) is 11.8 Å². The topological polar surface area (TPSA) is 80.4 Å². The quantitative estimate of drug-likeness (QED) is 0.912. The molecule has 3 rings (SSSR count). The Bertz CT molecular complexity index is 748. The Morgan fingerprint density at radius 2 is 2.25 bits per heavy atom. The second-order valence-corrected chi connectivity index (χ2v) is 6.01. The summed E-state index contributed by atoms with van der Waals surface area (Å²) in [4.78, 5) is 26.5. The summed E-state index contributed by atoms with van der Waals surface area (Å²) >= 11 is 0. The second kappa shape index (κ2) is 6.51. The molecule has 24 heavy (non-hydrogen) atoms. The van der Waals surface area contributed by atoms with E-state index in [9.17, 15) is 9.59 Å². The zero-order chi connectivity index (χ0) is 17.3. The van der Waals surface area contributed by atoms with Gasteiger partial charge in [-0.25, -0.2) is 0 Å². The summed E-state index contributed by atoms with van der Waals surface area (Å²) in [5.41, 5.74) is 2.44. The standard InChI is InChI=1S/C17H22N4O3/c1-4-21-12(3)16(11(2)19-21)18-17(23)14-7-8-15(22)20(14)10-13-6-5-9-24-13/h5-6,9,14H,4,7-8,10H2,1-3H3,(H,18,23)/t14-/m0/s1. The SMILES string of the molecule is CCn1nc(C)c(NC(=O)[C@@H]2CCC(=O)N2Cc2ccco2)c1C. The van der Waals surface area contributed by atoms with E-state index < -0.39 is 6.04 Å². The number of anilines is 1. The van der Waals surface area contributed by atoms with Crippen LogP contribution in [0.25, 0.3) is 0 Å². The lowest BCUT2D eigenvalue weighted by Gasteiger charge is -2.23. The zero-order valence-electron chi connectivity index (χ0n) is 14.2. The summed E-state index contributed by atoms with van der Waals surface area (Å²) in [7, 11) is 0. The molecule has 1 aliphatic heterocycles. The molecule has 2 aromatic heterocycles. The molecule has 3 heterocycles. The van der Waals surface area contributed by atoms with E-state index in [1.54, 1.807) is 23.3 Å². The third-order valence-electron chi connectivity index (χ3n) is 4.47. The van der Waals surface area contributed by atoms with E-state index in [1.807, 2.05) is 25.5 Å². The van der Waals surface area contributed by atoms with Crippen molar-refractivity contribution < 1.29 is 14.0 Å². The highest BCUT2D eigenvalue weighted by molar-refractivity contribution is 5.99. The minimum Gasteiger partial charge on any atom is -0.467 e. The van der Waals surface area contributed by atoms with E-state index in [1.165, 1.54) is 0 Å². The van der Waals surface area contributed by atoms with Crippen molar-refractivity contribution >= 4 is 17.5 Å². The van der Waals surface area contributed by atoms with Gasteiger partial charge in [-0.05, 0) is 39.3 Å². The van der Waals surface area contributed by atoms with Crippen molar-refractivity contribution in [2.75, 3.05) is 5.32 Å². The number of rotatable bonds is 5. The molecule has 0 saturated carbocycles. The lowest BCUT2D eigenvalue weighted by Crippen LogP contribution is -2.41. The number of nitrogens with one attached hydrogen (secondary N) is 1. The number of carbonyl (C=O) groups is 2. The fourth-order valence-electron chi connectivity index (χ4n) is 3.17. The first-order valence-corrected chi connectivity index (χ1v) is 8.18. The number of carbonyl (C=O) groups excluding carboxylic acids is 2. The van der Waals surface area contributed by atoms with Gasteiger partial charge in [-0.15, -0.1) is 0 Å². The first kappa shape index (κ1) is 16.3. The molecule has 0 bridgehead atoms. The average molecular weight is 330 g/mol. The predicted octanol–water partition coefficient (Wildman–Crippen LogP) is 2.24. The van der Waals surface area contributed by atoms with Crippen molar-refractivity contribution in [2.45, 2.75) is 52.7 Å². The molecule has 1 N–H and O–H groups in total. The van der Waals surface area contributed by atoms with Crippen LogP contribution in [-0.4, -0.2) is 32.5 Å². The molecule has 1 fully saturated rings. The summed E-state index contributed by atoms with van der Waals surface area (Å²) in [6, 6.07) is 3.10. The maximum Gasteiger partial charge on any atom is 0.247 e. The van der Waals surface area contributed by atoms with E-state index in [0.717, 1.165) is 23.6 Å². The molecule has 0 radical (unpaired) electrons. The lowest BCUT2D eigenvalue weighted by molar-refractivity contribution is -0.134. The van der Waals surface area contributed by atoms with Crippen LogP contribution in [0.4, 0.5) is 5.69 Å².